The molecule has 0 spiro atoms. The summed E-state index contributed by atoms with van der Waals surface area (Å²) >= 11 is 1.37. The molecule has 0 aromatic carbocycles. The van der Waals surface area contributed by atoms with Gasteiger partial charge in [0.1, 0.15) is 5.75 Å². The lowest BCUT2D eigenvalue weighted by Gasteiger charge is -1.86. The maximum atomic E-state index is 9.99. The number of rotatable bonds is 2. The van der Waals surface area contributed by atoms with Crippen LogP contribution in [0.25, 0.3) is 0 Å². The van der Waals surface area contributed by atoms with E-state index in [1.165, 1.54) is 22.6 Å². The standard InChI is InChI=1S/C2H4INO3S/c3-2(5)1-8(4,6)7/h1H2,(H2,4,6,7). The Hall–Kier alpha value is 0.310. The summed E-state index contributed by atoms with van der Waals surface area (Å²) in [5.74, 6) is -0.576. The van der Waals surface area contributed by atoms with E-state index < -0.39 is 19.6 Å². The third-order valence-electron chi connectivity index (χ3n) is 0.315. The Morgan fingerprint density at radius 3 is 2.00 bits per heavy atom. The van der Waals surface area contributed by atoms with Gasteiger partial charge in [-0.3, -0.25) is 4.79 Å². The molecule has 8 heavy (non-hydrogen) atoms. The van der Waals surface area contributed by atoms with E-state index >= 15 is 0 Å². The van der Waals surface area contributed by atoms with Crippen LogP contribution >= 0.6 is 22.6 Å². The normalized spacial score (nSPS) is 11.2. The summed E-state index contributed by atoms with van der Waals surface area (Å²) in [5.41, 5.74) is 0. The van der Waals surface area contributed by atoms with Crippen LogP contribution in [0, 0.1) is 0 Å². The van der Waals surface area contributed by atoms with E-state index in [9.17, 15) is 13.2 Å². The fourth-order valence-electron chi connectivity index (χ4n) is 0.158. The molecule has 0 aliphatic rings. The predicted molar refractivity (Wildman–Crippen MR) is 37.0 cm³/mol. The summed E-state index contributed by atoms with van der Waals surface area (Å²) < 4.78 is 19.5. The number of carbonyl (C=O) groups excluding carboxylic acids is 1. The molecule has 0 bridgehead atoms. The molecule has 48 valence electrons. The fourth-order valence-corrected chi connectivity index (χ4v) is 1.78. The lowest BCUT2D eigenvalue weighted by molar-refractivity contribution is -0.107. The van der Waals surface area contributed by atoms with Crippen LogP contribution in [0.4, 0.5) is 0 Å². The van der Waals surface area contributed by atoms with Crippen LogP contribution in [0.15, 0.2) is 0 Å². The van der Waals surface area contributed by atoms with E-state index in [4.69, 9.17) is 0 Å². The maximum absolute atomic E-state index is 9.99. The first-order valence-electron chi connectivity index (χ1n) is 1.60. The van der Waals surface area contributed by atoms with Crippen molar-refractivity contribution in [1.82, 2.24) is 0 Å². The van der Waals surface area contributed by atoms with Gasteiger partial charge in [0.25, 0.3) is 0 Å². The second kappa shape index (κ2) is 2.74. The zero-order valence-corrected chi connectivity index (χ0v) is 6.77. The van der Waals surface area contributed by atoms with Crippen LogP contribution in [-0.2, 0) is 14.8 Å². The van der Waals surface area contributed by atoms with Crippen molar-refractivity contribution < 1.29 is 13.2 Å². The van der Waals surface area contributed by atoms with Gasteiger partial charge in [-0.05, 0) is 0 Å². The summed E-state index contributed by atoms with van der Waals surface area (Å²) in [6.07, 6.45) is 0. The molecule has 0 unspecified atom stereocenters. The van der Waals surface area contributed by atoms with E-state index in [2.05, 4.69) is 5.14 Å². The highest BCUT2D eigenvalue weighted by Crippen LogP contribution is 1.87. The Labute approximate surface area is 60.6 Å². The molecule has 0 heterocycles. The van der Waals surface area contributed by atoms with E-state index in [0.29, 0.717) is 0 Å². The third kappa shape index (κ3) is 6.31. The molecule has 0 saturated carbocycles. The number of carbonyl (C=O) groups is 1. The Balaban J connectivity index is 3.95. The second-order valence-electron chi connectivity index (χ2n) is 1.16. The zero-order chi connectivity index (χ0) is 6.78. The van der Waals surface area contributed by atoms with Crippen LogP contribution in [0.1, 0.15) is 0 Å². The molecule has 0 amide bonds. The Morgan fingerprint density at radius 2 is 2.00 bits per heavy atom. The molecular formula is C2H4INO3S. The highest BCUT2D eigenvalue weighted by atomic mass is 127. The number of sulfonamides is 1. The molecule has 0 radical (unpaired) electrons. The van der Waals surface area contributed by atoms with Crippen molar-refractivity contribution in [3.63, 3.8) is 0 Å². The Kier molecular flexibility index (Phi) is 2.84. The van der Waals surface area contributed by atoms with Gasteiger partial charge in [0.15, 0.2) is 0 Å². The molecule has 0 saturated heterocycles. The Morgan fingerprint density at radius 1 is 1.62 bits per heavy atom. The van der Waals surface area contributed by atoms with Gasteiger partial charge in [-0.2, -0.15) is 0 Å². The van der Waals surface area contributed by atoms with Crippen LogP contribution in [0.2, 0.25) is 0 Å². The van der Waals surface area contributed by atoms with Gasteiger partial charge in [0.2, 0.25) is 13.8 Å². The predicted octanol–water partition coefficient (Wildman–Crippen LogP) is -0.763. The van der Waals surface area contributed by atoms with E-state index in [1.54, 1.807) is 0 Å². The summed E-state index contributed by atoms with van der Waals surface area (Å²) in [6, 6.07) is 0. The number of hydrogen-bond donors (Lipinski definition) is 1. The summed E-state index contributed by atoms with van der Waals surface area (Å²) in [7, 11) is -3.58. The molecule has 0 atom stereocenters. The maximum Gasteiger partial charge on any atom is 0.217 e. The minimum atomic E-state index is -3.58. The average Bonchev–Trinajstić information content (AvgIpc) is 1.21. The lowest BCUT2D eigenvalue weighted by atomic mass is 10.9. The van der Waals surface area contributed by atoms with Gasteiger partial charge >= 0.3 is 0 Å². The molecule has 2 N–H and O–H groups in total. The first kappa shape index (κ1) is 8.31. The molecule has 0 rings (SSSR count). The molecule has 6 heteroatoms. The second-order valence-corrected chi connectivity index (χ2v) is 3.98. The molecule has 0 fully saturated rings. The summed E-state index contributed by atoms with van der Waals surface area (Å²) in [5, 5.41) is 4.48. The van der Waals surface area contributed by atoms with Gasteiger partial charge in [-0.15, -0.1) is 0 Å². The topological polar surface area (TPSA) is 77.2 Å². The van der Waals surface area contributed by atoms with Crippen LogP contribution in [0.5, 0.6) is 0 Å². The highest BCUT2D eigenvalue weighted by molar-refractivity contribution is 14.1. The van der Waals surface area contributed by atoms with Crippen molar-refractivity contribution in [2.24, 2.45) is 5.14 Å². The monoisotopic (exact) mass is 249 g/mol. The molecule has 0 aliphatic heterocycles. The van der Waals surface area contributed by atoms with Crippen molar-refractivity contribution in [3.05, 3.63) is 0 Å². The highest BCUT2D eigenvalue weighted by Gasteiger charge is 2.06. The molecule has 0 aromatic rings. The summed E-state index contributed by atoms with van der Waals surface area (Å²) in [4.78, 5) is 9.99. The molecule has 4 nitrogen and oxygen atoms in total. The van der Waals surface area contributed by atoms with Crippen LogP contribution in [0.3, 0.4) is 0 Å². The van der Waals surface area contributed by atoms with E-state index in [-0.39, 0.29) is 0 Å². The largest absolute Gasteiger partial charge is 0.287 e. The first-order chi connectivity index (χ1) is 3.42. The number of halogens is 1. The van der Waals surface area contributed by atoms with Crippen LogP contribution in [-0.4, -0.2) is 18.0 Å². The van der Waals surface area contributed by atoms with Gasteiger partial charge in [0.05, 0.1) is 0 Å². The van der Waals surface area contributed by atoms with Crippen molar-refractivity contribution in [2.75, 3.05) is 5.75 Å². The van der Waals surface area contributed by atoms with E-state index in [1.807, 2.05) is 0 Å². The summed E-state index contributed by atoms with van der Waals surface area (Å²) in [6.45, 7) is 0. The first-order valence-corrected chi connectivity index (χ1v) is 4.40. The van der Waals surface area contributed by atoms with Crippen molar-refractivity contribution >= 4 is 36.4 Å². The van der Waals surface area contributed by atoms with Crippen molar-refractivity contribution in [3.8, 4) is 0 Å². The van der Waals surface area contributed by atoms with Gasteiger partial charge in [-0.1, -0.05) is 0 Å². The number of nitrogens with two attached hydrogens (primary N) is 1. The lowest BCUT2D eigenvalue weighted by Crippen LogP contribution is -2.19. The number of hydrogen-bond acceptors (Lipinski definition) is 3. The van der Waals surface area contributed by atoms with E-state index in [0.717, 1.165) is 0 Å². The minimum Gasteiger partial charge on any atom is -0.287 e. The van der Waals surface area contributed by atoms with Crippen molar-refractivity contribution in [2.45, 2.75) is 0 Å². The van der Waals surface area contributed by atoms with Crippen LogP contribution < -0.4 is 5.14 Å². The fraction of sp³-hybridized carbons (Fsp3) is 0.500. The average molecular weight is 249 g/mol. The SMILES string of the molecule is NS(=O)(=O)CC(=O)I. The van der Waals surface area contributed by atoms with Gasteiger partial charge in [0, 0.05) is 22.6 Å². The Bertz CT molecular complexity index is 183. The number of primary sulfonamides is 1. The molecule has 0 aromatic heterocycles. The quantitative estimate of drug-likeness (QED) is 0.516. The van der Waals surface area contributed by atoms with Gasteiger partial charge < -0.3 is 0 Å². The molecular weight excluding hydrogens is 245 g/mol. The third-order valence-corrected chi connectivity index (χ3v) is 1.88. The molecule has 0 aliphatic carbocycles. The van der Waals surface area contributed by atoms with Gasteiger partial charge in [-0.25, -0.2) is 13.6 Å². The van der Waals surface area contributed by atoms with Crippen molar-refractivity contribution in [1.29, 1.82) is 0 Å². The zero-order valence-electron chi connectivity index (χ0n) is 3.80. The minimum absolute atomic E-state index is 0.467. The smallest absolute Gasteiger partial charge is 0.217 e.